The lowest BCUT2D eigenvalue weighted by molar-refractivity contribution is 0.102. The fourth-order valence-electron chi connectivity index (χ4n) is 2.59. The van der Waals surface area contributed by atoms with Crippen LogP contribution in [0.25, 0.3) is 0 Å². The lowest BCUT2D eigenvalue weighted by atomic mass is 10.1. The predicted octanol–water partition coefficient (Wildman–Crippen LogP) is 4.15. The molecule has 2 aromatic carbocycles. The van der Waals surface area contributed by atoms with Gasteiger partial charge in [0.2, 0.25) is 0 Å². The van der Waals surface area contributed by atoms with E-state index in [1.807, 2.05) is 43.3 Å². The molecule has 3 rings (SSSR count). The number of aromatic nitrogens is 2. The van der Waals surface area contributed by atoms with E-state index in [2.05, 4.69) is 10.4 Å². The van der Waals surface area contributed by atoms with Crippen molar-refractivity contribution >= 4 is 23.3 Å². The molecule has 0 aliphatic rings. The highest BCUT2D eigenvalue weighted by atomic mass is 35.5. The molecule has 0 aliphatic heterocycles. The number of amides is 1. The van der Waals surface area contributed by atoms with Gasteiger partial charge in [-0.2, -0.15) is 5.10 Å². The van der Waals surface area contributed by atoms with E-state index >= 15 is 0 Å². The van der Waals surface area contributed by atoms with Crippen LogP contribution in [0, 0.1) is 6.92 Å². The van der Waals surface area contributed by atoms with Gasteiger partial charge < -0.3 is 10.1 Å². The Morgan fingerprint density at radius 1 is 1.20 bits per heavy atom. The number of ether oxygens (including phenoxy) is 1. The van der Waals surface area contributed by atoms with Crippen LogP contribution in [0.3, 0.4) is 0 Å². The van der Waals surface area contributed by atoms with E-state index in [-0.39, 0.29) is 5.91 Å². The Hall–Kier alpha value is -2.79. The zero-order valence-electron chi connectivity index (χ0n) is 14.0. The number of anilines is 1. The Kier molecular flexibility index (Phi) is 5.05. The summed E-state index contributed by atoms with van der Waals surface area (Å²) in [5.74, 6) is 0.724. The molecule has 3 aromatic rings. The predicted molar refractivity (Wildman–Crippen MR) is 98.5 cm³/mol. The van der Waals surface area contributed by atoms with Crippen LogP contribution in [-0.4, -0.2) is 22.8 Å². The van der Waals surface area contributed by atoms with Crippen molar-refractivity contribution in [3.63, 3.8) is 0 Å². The Morgan fingerprint density at radius 2 is 1.96 bits per heavy atom. The van der Waals surface area contributed by atoms with Crippen molar-refractivity contribution in [1.82, 2.24) is 9.78 Å². The number of hydrogen-bond acceptors (Lipinski definition) is 3. The molecule has 0 saturated heterocycles. The number of halogens is 1. The van der Waals surface area contributed by atoms with E-state index in [0.717, 1.165) is 11.1 Å². The van der Waals surface area contributed by atoms with Gasteiger partial charge >= 0.3 is 0 Å². The molecule has 6 heteroatoms. The molecule has 0 unspecified atom stereocenters. The number of nitrogens with one attached hydrogen (secondary N) is 1. The minimum Gasteiger partial charge on any atom is -0.496 e. The van der Waals surface area contributed by atoms with E-state index < -0.39 is 0 Å². The van der Waals surface area contributed by atoms with Crippen molar-refractivity contribution in [2.75, 3.05) is 12.4 Å². The van der Waals surface area contributed by atoms with Crippen molar-refractivity contribution in [1.29, 1.82) is 0 Å². The summed E-state index contributed by atoms with van der Waals surface area (Å²) in [4.78, 5) is 12.5. The van der Waals surface area contributed by atoms with Crippen LogP contribution in [0.1, 0.15) is 21.5 Å². The number of carbonyl (C=O) groups is 1. The highest BCUT2D eigenvalue weighted by Gasteiger charge is 2.16. The van der Waals surface area contributed by atoms with Gasteiger partial charge in [0.15, 0.2) is 5.82 Å². The lowest BCUT2D eigenvalue weighted by Crippen LogP contribution is -2.15. The molecule has 5 nitrogen and oxygen atoms in total. The maximum absolute atomic E-state index is 12.5. The second kappa shape index (κ2) is 7.40. The number of hydrogen-bond donors (Lipinski definition) is 1. The number of benzene rings is 2. The molecule has 1 amide bonds. The van der Waals surface area contributed by atoms with Crippen molar-refractivity contribution < 1.29 is 9.53 Å². The molecular formula is C19H18ClN3O2. The summed E-state index contributed by atoms with van der Waals surface area (Å²) < 4.78 is 6.95. The smallest absolute Gasteiger partial charge is 0.257 e. The molecule has 0 aliphatic carbocycles. The fourth-order valence-corrected chi connectivity index (χ4v) is 2.79. The molecule has 0 bridgehead atoms. The number of nitrogens with zero attached hydrogens (tertiary/aromatic N) is 2. The van der Waals surface area contributed by atoms with Crippen molar-refractivity contribution in [2.45, 2.75) is 13.5 Å². The van der Waals surface area contributed by atoms with Crippen LogP contribution < -0.4 is 10.1 Å². The molecule has 1 N–H and O–H groups in total. The van der Waals surface area contributed by atoms with Gasteiger partial charge in [0.1, 0.15) is 10.8 Å². The summed E-state index contributed by atoms with van der Waals surface area (Å²) in [5.41, 5.74) is 2.39. The first-order valence-electron chi connectivity index (χ1n) is 7.80. The maximum Gasteiger partial charge on any atom is 0.257 e. The van der Waals surface area contributed by atoms with Crippen LogP contribution >= 0.6 is 11.6 Å². The first kappa shape index (κ1) is 17.0. The minimum atomic E-state index is -0.275. The third-order valence-electron chi connectivity index (χ3n) is 3.88. The minimum absolute atomic E-state index is 0.275. The van der Waals surface area contributed by atoms with Gasteiger partial charge in [0.25, 0.3) is 5.91 Å². The molecule has 0 saturated carbocycles. The van der Waals surface area contributed by atoms with E-state index in [0.29, 0.717) is 28.7 Å². The largest absolute Gasteiger partial charge is 0.496 e. The van der Waals surface area contributed by atoms with Gasteiger partial charge in [-0.15, -0.1) is 0 Å². The zero-order valence-corrected chi connectivity index (χ0v) is 14.7. The monoisotopic (exact) mass is 355 g/mol. The highest BCUT2D eigenvalue weighted by molar-refractivity contribution is 6.33. The third-order valence-corrected chi connectivity index (χ3v) is 4.16. The number of methoxy groups -OCH3 is 1. The van der Waals surface area contributed by atoms with Crippen molar-refractivity contribution in [3.8, 4) is 5.75 Å². The van der Waals surface area contributed by atoms with Gasteiger partial charge in [-0.05, 0) is 24.6 Å². The molecule has 0 fully saturated rings. The average Bonchev–Trinajstić information content (AvgIpc) is 2.95. The molecular weight excluding hydrogens is 338 g/mol. The summed E-state index contributed by atoms with van der Waals surface area (Å²) in [7, 11) is 1.58. The standard InChI is InChI=1S/C19H18ClN3O2/c1-13-15(9-6-10-17(13)25-2)19(24)21-18-16(20)12-23(22-18)11-14-7-4-3-5-8-14/h3-10,12H,11H2,1-2H3,(H,21,22,24). The number of carbonyl (C=O) groups excluding carboxylic acids is 1. The van der Waals surface area contributed by atoms with E-state index in [4.69, 9.17) is 16.3 Å². The first-order valence-corrected chi connectivity index (χ1v) is 8.18. The van der Waals surface area contributed by atoms with Gasteiger partial charge in [-0.1, -0.05) is 48.0 Å². The molecule has 128 valence electrons. The second-order valence-electron chi connectivity index (χ2n) is 5.60. The normalized spacial score (nSPS) is 10.5. The Balaban J connectivity index is 1.78. The molecule has 0 atom stereocenters. The quantitative estimate of drug-likeness (QED) is 0.747. The Bertz CT molecular complexity index is 891. The summed E-state index contributed by atoms with van der Waals surface area (Å²) in [5, 5.41) is 7.52. The van der Waals surface area contributed by atoms with Crippen LogP contribution in [0.2, 0.25) is 5.02 Å². The highest BCUT2D eigenvalue weighted by Crippen LogP contribution is 2.24. The molecule has 0 spiro atoms. The molecule has 25 heavy (non-hydrogen) atoms. The average molecular weight is 356 g/mol. The summed E-state index contributed by atoms with van der Waals surface area (Å²) in [6.07, 6.45) is 1.70. The van der Waals surface area contributed by atoms with Gasteiger partial charge in [0.05, 0.1) is 13.7 Å². The molecule has 0 radical (unpaired) electrons. The first-order chi connectivity index (χ1) is 12.1. The van der Waals surface area contributed by atoms with E-state index in [9.17, 15) is 4.79 Å². The molecule has 1 aromatic heterocycles. The van der Waals surface area contributed by atoms with Gasteiger partial charge in [0, 0.05) is 17.3 Å². The molecule has 1 heterocycles. The van der Waals surface area contributed by atoms with Gasteiger partial charge in [-0.3, -0.25) is 9.48 Å². The van der Waals surface area contributed by atoms with E-state index in [1.54, 1.807) is 30.1 Å². The van der Waals surface area contributed by atoms with E-state index in [1.165, 1.54) is 0 Å². The summed E-state index contributed by atoms with van der Waals surface area (Å²) >= 11 is 6.22. The van der Waals surface area contributed by atoms with Crippen LogP contribution in [0.5, 0.6) is 5.75 Å². The lowest BCUT2D eigenvalue weighted by Gasteiger charge is -2.09. The van der Waals surface area contributed by atoms with Crippen LogP contribution in [0.15, 0.2) is 54.7 Å². The number of rotatable bonds is 5. The van der Waals surface area contributed by atoms with Crippen LogP contribution in [-0.2, 0) is 6.54 Å². The topological polar surface area (TPSA) is 56.1 Å². The van der Waals surface area contributed by atoms with Gasteiger partial charge in [-0.25, -0.2) is 0 Å². The SMILES string of the molecule is COc1cccc(C(=O)Nc2nn(Cc3ccccc3)cc2Cl)c1C. The third kappa shape index (κ3) is 3.83. The fraction of sp³-hybridized carbons (Fsp3) is 0.158. The summed E-state index contributed by atoms with van der Waals surface area (Å²) in [6.45, 7) is 2.41. The summed E-state index contributed by atoms with van der Waals surface area (Å²) in [6, 6.07) is 15.2. The second-order valence-corrected chi connectivity index (χ2v) is 6.00. The van der Waals surface area contributed by atoms with Crippen molar-refractivity contribution in [2.24, 2.45) is 0 Å². The Labute approximate surface area is 151 Å². The zero-order chi connectivity index (χ0) is 17.8. The Morgan fingerprint density at radius 3 is 2.68 bits per heavy atom. The maximum atomic E-state index is 12.5. The van der Waals surface area contributed by atoms with Crippen molar-refractivity contribution in [3.05, 3.63) is 76.4 Å². The van der Waals surface area contributed by atoms with Crippen LogP contribution in [0.4, 0.5) is 5.82 Å².